The van der Waals surface area contributed by atoms with Gasteiger partial charge in [-0.05, 0) is 32.0 Å². The molecule has 0 fully saturated rings. The van der Waals surface area contributed by atoms with E-state index in [2.05, 4.69) is 4.98 Å². The summed E-state index contributed by atoms with van der Waals surface area (Å²) in [6.45, 7) is 3.55. The van der Waals surface area contributed by atoms with Crippen molar-refractivity contribution in [1.82, 2.24) is 9.88 Å². The molecule has 1 amide bonds. The number of amides is 1. The molecule has 0 aliphatic carbocycles. The zero-order valence-electron chi connectivity index (χ0n) is 12.1. The van der Waals surface area contributed by atoms with Gasteiger partial charge in [-0.15, -0.1) is 0 Å². The van der Waals surface area contributed by atoms with Crippen molar-refractivity contribution >= 4 is 17.5 Å². The smallest absolute Gasteiger partial charge is 0.254 e. The predicted molar refractivity (Wildman–Crippen MR) is 80.9 cm³/mol. The van der Waals surface area contributed by atoms with Crippen LogP contribution in [-0.4, -0.2) is 22.8 Å². The van der Waals surface area contributed by atoms with Gasteiger partial charge in [0.2, 0.25) is 0 Å². The summed E-state index contributed by atoms with van der Waals surface area (Å²) >= 11 is 5.88. The van der Waals surface area contributed by atoms with Crippen molar-refractivity contribution in [2.45, 2.75) is 19.9 Å². The quantitative estimate of drug-likeness (QED) is 0.803. The van der Waals surface area contributed by atoms with Gasteiger partial charge in [-0.25, -0.2) is 9.37 Å². The Kier molecular flexibility index (Phi) is 4.58. The molecule has 5 heteroatoms. The molecule has 1 aromatic heterocycles. The van der Waals surface area contributed by atoms with E-state index in [1.165, 1.54) is 17.0 Å². The molecule has 1 atom stereocenters. The average molecular weight is 307 g/mol. The number of aryl methyl sites for hydroxylation is 1. The van der Waals surface area contributed by atoms with Crippen LogP contribution in [0, 0.1) is 12.7 Å². The van der Waals surface area contributed by atoms with Crippen LogP contribution in [0.5, 0.6) is 0 Å². The van der Waals surface area contributed by atoms with Crippen molar-refractivity contribution in [2.24, 2.45) is 0 Å². The summed E-state index contributed by atoms with van der Waals surface area (Å²) in [4.78, 5) is 18.0. The van der Waals surface area contributed by atoms with Gasteiger partial charge in [0.25, 0.3) is 5.91 Å². The highest BCUT2D eigenvalue weighted by atomic mass is 35.5. The summed E-state index contributed by atoms with van der Waals surface area (Å²) in [5, 5.41) is 0.269. The van der Waals surface area contributed by atoms with E-state index in [-0.39, 0.29) is 22.9 Å². The number of halogens is 2. The lowest BCUT2D eigenvalue weighted by atomic mass is 10.1. The lowest BCUT2D eigenvalue weighted by molar-refractivity contribution is 0.0740. The number of aromatic nitrogens is 1. The van der Waals surface area contributed by atoms with E-state index < -0.39 is 0 Å². The lowest BCUT2D eigenvalue weighted by Crippen LogP contribution is -2.30. The molecule has 21 heavy (non-hydrogen) atoms. The molecule has 110 valence electrons. The minimum absolute atomic E-state index is 0.224. The number of hydrogen-bond acceptors (Lipinski definition) is 2. The fourth-order valence-electron chi connectivity index (χ4n) is 2.15. The van der Waals surface area contributed by atoms with Crippen molar-refractivity contribution in [2.75, 3.05) is 7.05 Å². The lowest BCUT2D eigenvalue weighted by Gasteiger charge is -2.26. The molecule has 3 nitrogen and oxygen atoms in total. The van der Waals surface area contributed by atoms with Gasteiger partial charge in [0.15, 0.2) is 0 Å². The second-order valence-corrected chi connectivity index (χ2v) is 5.32. The third kappa shape index (κ3) is 3.39. The van der Waals surface area contributed by atoms with Crippen molar-refractivity contribution < 1.29 is 9.18 Å². The maximum atomic E-state index is 13.8. The maximum Gasteiger partial charge on any atom is 0.254 e. The maximum absolute atomic E-state index is 13.8. The molecule has 0 saturated heterocycles. The molecule has 0 aliphatic heterocycles. The Morgan fingerprint density at radius 2 is 2.00 bits per heavy atom. The summed E-state index contributed by atoms with van der Waals surface area (Å²) in [5.41, 5.74) is 1.58. The molecule has 0 bridgehead atoms. The first-order chi connectivity index (χ1) is 9.90. The number of carbonyl (C=O) groups excluding carboxylic acids is 1. The summed E-state index contributed by atoms with van der Waals surface area (Å²) in [5.74, 6) is -0.549. The third-order valence-electron chi connectivity index (χ3n) is 3.43. The van der Waals surface area contributed by atoms with E-state index in [0.29, 0.717) is 16.8 Å². The molecular formula is C16H16ClFN2O. The van der Waals surface area contributed by atoms with Crippen molar-refractivity contribution in [3.8, 4) is 0 Å². The van der Waals surface area contributed by atoms with Gasteiger partial charge in [0, 0.05) is 23.9 Å². The number of hydrogen-bond donors (Lipinski definition) is 0. The first-order valence-electron chi connectivity index (χ1n) is 6.56. The van der Waals surface area contributed by atoms with Crippen LogP contribution in [0.4, 0.5) is 4.39 Å². The highest BCUT2D eigenvalue weighted by molar-refractivity contribution is 6.29. The minimum Gasteiger partial charge on any atom is -0.335 e. The first kappa shape index (κ1) is 15.4. The van der Waals surface area contributed by atoms with Gasteiger partial charge >= 0.3 is 0 Å². The van der Waals surface area contributed by atoms with Crippen LogP contribution in [-0.2, 0) is 0 Å². The van der Waals surface area contributed by atoms with Gasteiger partial charge in [-0.3, -0.25) is 4.79 Å². The highest BCUT2D eigenvalue weighted by Crippen LogP contribution is 2.23. The van der Waals surface area contributed by atoms with Crippen molar-refractivity contribution in [1.29, 1.82) is 0 Å². The second kappa shape index (κ2) is 6.22. The zero-order valence-corrected chi connectivity index (χ0v) is 12.9. The highest BCUT2D eigenvalue weighted by Gasteiger charge is 2.21. The fraction of sp³-hybridized carbons (Fsp3) is 0.250. The van der Waals surface area contributed by atoms with Crippen LogP contribution in [0.15, 0.2) is 36.4 Å². The molecular weight excluding hydrogens is 291 g/mol. The first-order valence-corrected chi connectivity index (χ1v) is 6.93. The molecule has 0 radical (unpaired) electrons. The molecule has 0 aliphatic rings. The van der Waals surface area contributed by atoms with Crippen molar-refractivity contribution in [3.63, 3.8) is 0 Å². The predicted octanol–water partition coefficient (Wildman–Crippen LogP) is 4.02. The third-order valence-corrected chi connectivity index (χ3v) is 3.62. The van der Waals surface area contributed by atoms with E-state index in [1.807, 2.05) is 0 Å². The molecule has 1 unspecified atom stereocenters. The summed E-state index contributed by atoms with van der Waals surface area (Å²) < 4.78 is 13.8. The monoisotopic (exact) mass is 306 g/mol. The average Bonchev–Trinajstić information content (AvgIpc) is 2.44. The fourth-order valence-corrected chi connectivity index (χ4v) is 2.40. The zero-order chi connectivity index (χ0) is 15.6. The van der Waals surface area contributed by atoms with E-state index in [9.17, 15) is 9.18 Å². The summed E-state index contributed by atoms with van der Waals surface area (Å²) in [7, 11) is 1.64. The van der Waals surface area contributed by atoms with E-state index in [1.54, 1.807) is 45.2 Å². The number of rotatable bonds is 3. The van der Waals surface area contributed by atoms with Crippen molar-refractivity contribution in [3.05, 3.63) is 64.2 Å². The Bertz CT molecular complexity index is 655. The Morgan fingerprint density at radius 3 is 2.62 bits per heavy atom. The van der Waals surface area contributed by atoms with Gasteiger partial charge in [0.1, 0.15) is 11.0 Å². The molecule has 0 saturated carbocycles. The second-order valence-electron chi connectivity index (χ2n) is 4.93. The van der Waals surface area contributed by atoms with Crippen LogP contribution in [0.25, 0.3) is 0 Å². The molecule has 0 spiro atoms. The van der Waals surface area contributed by atoms with Gasteiger partial charge in [-0.1, -0.05) is 29.8 Å². The number of carbonyl (C=O) groups is 1. The van der Waals surface area contributed by atoms with Crippen LogP contribution >= 0.6 is 11.6 Å². The minimum atomic E-state index is -0.383. The van der Waals surface area contributed by atoms with Crippen LogP contribution in [0.3, 0.4) is 0 Å². The number of nitrogens with zero attached hydrogens (tertiary/aromatic N) is 2. The Hall–Kier alpha value is -1.94. The van der Waals surface area contributed by atoms with Crippen LogP contribution in [0.2, 0.25) is 5.15 Å². The Morgan fingerprint density at radius 1 is 1.33 bits per heavy atom. The number of benzene rings is 1. The molecule has 0 N–H and O–H groups in total. The molecule has 2 aromatic rings. The summed E-state index contributed by atoms with van der Waals surface area (Å²) in [6, 6.07) is 9.23. The molecule has 1 aromatic carbocycles. The SMILES string of the molecule is Cc1cc(C(=O)N(C)C(C)c2ccccc2F)cc(Cl)n1. The van der Waals surface area contributed by atoms with Gasteiger partial charge < -0.3 is 4.90 Å². The standard InChI is InChI=1S/C16H16ClFN2O/c1-10-8-12(9-15(17)19-10)16(21)20(3)11(2)13-6-4-5-7-14(13)18/h4-9,11H,1-3H3. The van der Waals surface area contributed by atoms with Crippen LogP contribution < -0.4 is 0 Å². The Balaban J connectivity index is 2.28. The Labute approximate surface area is 128 Å². The molecule has 2 rings (SSSR count). The van der Waals surface area contributed by atoms with E-state index >= 15 is 0 Å². The normalized spacial score (nSPS) is 12.0. The number of pyridine rings is 1. The van der Waals surface area contributed by atoms with Crippen LogP contribution in [0.1, 0.15) is 34.6 Å². The summed E-state index contributed by atoms with van der Waals surface area (Å²) in [6.07, 6.45) is 0. The van der Waals surface area contributed by atoms with E-state index in [0.717, 1.165) is 0 Å². The van der Waals surface area contributed by atoms with Gasteiger partial charge in [-0.2, -0.15) is 0 Å². The topological polar surface area (TPSA) is 33.2 Å². The van der Waals surface area contributed by atoms with E-state index in [4.69, 9.17) is 11.6 Å². The largest absolute Gasteiger partial charge is 0.335 e. The van der Waals surface area contributed by atoms with Gasteiger partial charge in [0.05, 0.1) is 6.04 Å². The molecule has 1 heterocycles.